The maximum absolute atomic E-state index is 10.6. The Bertz CT molecular complexity index is 796. The Balaban J connectivity index is 2.18. The SMILES string of the molecule is NC(=O)N/N=c1\ccc2nc3ccccc3sc-2c1. The summed E-state index contributed by atoms with van der Waals surface area (Å²) in [4.78, 5) is 16.2. The van der Waals surface area contributed by atoms with E-state index in [4.69, 9.17) is 5.73 Å². The molecule has 19 heavy (non-hydrogen) atoms. The molecule has 94 valence electrons. The van der Waals surface area contributed by atoms with Crippen LogP contribution in [-0.4, -0.2) is 11.0 Å². The molecule has 0 fully saturated rings. The van der Waals surface area contributed by atoms with E-state index >= 15 is 0 Å². The number of carbonyl (C=O) groups is 1. The highest BCUT2D eigenvalue weighted by Gasteiger charge is 2.06. The third-order valence-electron chi connectivity index (χ3n) is 2.56. The Hall–Kier alpha value is -2.47. The van der Waals surface area contributed by atoms with Crippen molar-refractivity contribution in [2.45, 2.75) is 0 Å². The van der Waals surface area contributed by atoms with E-state index in [1.54, 1.807) is 17.4 Å². The summed E-state index contributed by atoms with van der Waals surface area (Å²) in [5.41, 5.74) is 9.06. The molecular weight excluding hydrogens is 260 g/mol. The first kappa shape index (κ1) is 11.6. The first-order valence-corrected chi connectivity index (χ1v) is 6.43. The van der Waals surface area contributed by atoms with Crippen molar-refractivity contribution in [1.29, 1.82) is 0 Å². The summed E-state index contributed by atoms with van der Waals surface area (Å²) in [6.07, 6.45) is 0. The summed E-state index contributed by atoms with van der Waals surface area (Å²) in [6, 6.07) is 12.8. The zero-order chi connectivity index (χ0) is 13.2. The fourth-order valence-corrected chi connectivity index (χ4v) is 2.75. The van der Waals surface area contributed by atoms with Crippen molar-refractivity contribution >= 4 is 27.6 Å². The second kappa shape index (κ2) is 4.66. The minimum absolute atomic E-state index is 0.639. The fourth-order valence-electron chi connectivity index (χ4n) is 1.75. The largest absolute Gasteiger partial charge is 0.350 e. The average molecular weight is 270 g/mol. The highest BCUT2D eigenvalue weighted by molar-refractivity contribution is 7.21. The molecule has 0 saturated heterocycles. The van der Waals surface area contributed by atoms with Crippen LogP contribution in [0.15, 0.2) is 47.6 Å². The molecule has 1 aliphatic carbocycles. The molecule has 3 N–H and O–H groups in total. The first-order chi connectivity index (χ1) is 9.22. The van der Waals surface area contributed by atoms with Crippen molar-refractivity contribution in [2.75, 3.05) is 0 Å². The predicted octanol–water partition coefficient (Wildman–Crippen LogP) is 1.89. The number of fused-ring (bicyclic) bond motifs is 2. The van der Waals surface area contributed by atoms with Gasteiger partial charge >= 0.3 is 6.03 Å². The molecule has 0 radical (unpaired) electrons. The monoisotopic (exact) mass is 270 g/mol. The van der Waals surface area contributed by atoms with Crippen molar-refractivity contribution in [3.63, 3.8) is 0 Å². The van der Waals surface area contributed by atoms with Crippen LogP contribution in [-0.2, 0) is 0 Å². The number of urea groups is 1. The molecule has 0 atom stereocenters. The summed E-state index contributed by atoms with van der Waals surface area (Å²) in [5, 5.41) is 4.53. The third kappa shape index (κ3) is 2.38. The molecule has 0 spiro atoms. The van der Waals surface area contributed by atoms with Crippen LogP contribution in [0.1, 0.15) is 0 Å². The zero-order valence-electron chi connectivity index (χ0n) is 9.83. The molecule has 1 aromatic rings. The lowest BCUT2D eigenvalue weighted by molar-refractivity contribution is 0.249. The number of nitrogens with zero attached hydrogens (tertiary/aromatic N) is 2. The number of benzene rings is 2. The van der Waals surface area contributed by atoms with Gasteiger partial charge in [0, 0.05) is 0 Å². The lowest BCUT2D eigenvalue weighted by atomic mass is 10.2. The van der Waals surface area contributed by atoms with Gasteiger partial charge in [0.2, 0.25) is 0 Å². The van der Waals surface area contributed by atoms with E-state index < -0.39 is 6.03 Å². The van der Waals surface area contributed by atoms with Crippen molar-refractivity contribution in [2.24, 2.45) is 10.8 Å². The lowest BCUT2D eigenvalue weighted by Crippen LogP contribution is -2.26. The van der Waals surface area contributed by atoms with Gasteiger partial charge in [-0.05, 0) is 30.3 Å². The molecule has 3 rings (SSSR count). The third-order valence-corrected chi connectivity index (χ3v) is 3.68. The number of hydrogen-bond donors (Lipinski definition) is 2. The van der Waals surface area contributed by atoms with Crippen LogP contribution in [0.3, 0.4) is 0 Å². The number of hydrogen-bond acceptors (Lipinski definition) is 4. The van der Waals surface area contributed by atoms with E-state index in [2.05, 4.69) is 15.5 Å². The van der Waals surface area contributed by atoms with Gasteiger partial charge in [-0.3, -0.25) is 0 Å². The van der Waals surface area contributed by atoms with Crippen molar-refractivity contribution in [3.05, 3.63) is 47.8 Å². The summed E-state index contributed by atoms with van der Waals surface area (Å²) in [5.74, 6) is 0. The fraction of sp³-hybridized carbons (Fsp3) is 0. The number of primary amides is 1. The topological polar surface area (TPSA) is 80.4 Å². The zero-order valence-corrected chi connectivity index (χ0v) is 10.6. The highest BCUT2D eigenvalue weighted by atomic mass is 32.1. The molecule has 6 heteroatoms. The van der Waals surface area contributed by atoms with Crippen molar-refractivity contribution < 1.29 is 4.79 Å². The molecule has 2 aliphatic rings. The Morgan fingerprint density at radius 2 is 2.11 bits per heavy atom. The van der Waals surface area contributed by atoms with Gasteiger partial charge in [0.25, 0.3) is 0 Å². The van der Waals surface area contributed by atoms with E-state index in [1.165, 1.54) is 0 Å². The summed E-state index contributed by atoms with van der Waals surface area (Å²) < 4.78 is 1.11. The Morgan fingerprint density at radius 3 is 2.95 bits per heavy atom. The Labute approximate surface area is 112 Å². The first-order valence-electron chi connectivity index (χ1n) is 5.61. The van der Waals surface area contributed by atoms with Crippen LogP contribution in [0.2, 0.25) is 0 Å². The molecule has 1 aromatic carbocycles. The molecule has 1 aliphatic heterocycles. The van der Waals surface area contributed by atoms with Gasteiger partial charge in [-0.2, -0.15) is 5.10 Å². The van der Waals surface area contributed by atoms with Crippen molar-refractivity contribution in [1.82, 2.24) is 10.4 Å². The molecule has 5 nitrogen and oxygen atoms in total. The van der Waals surface area contributed by atoms with Crippen LogP contribution >= 0.6 is 11.3 Å². The van der Waals surface area contributed by atoms with Crippen LogP contribution in [0, 0.1) is 0 Å². The van der Waals surface area contributed by atoms with Gasteiger partial charge in [0.05, 0.1) is 26.1 Å². The molecule has 0 aromatic heterocycles. The second-order valence-corrected chi connectivity index (χ2v) is 5.01. The van der Waals surface area contributed by atoms with Crippen molar-refractivity contribution in [3.8, 4) is 10.6 Å². The van der Waals surface area contributed by atoms with E-state index in [0.717, 1.165) is 20.8 Å². The van der Waals surface area contributed by atoms with Crippen LogP contribution in [0.4, 0.5) is 4.79 Å². The predicted molar refractivity (Wildman–Crippen MR) is 74.5 cm³/mol. The maximum Gasteiger partial charge on any atom is 0.332 e. The smallest absolute Gasteiger partial charge is 0.332 e. The maximum atomic E-state index is 10.6. The molecule has 0 unspecified atom stereocenters. The molecule has 1 heterocycles. The standard InChI is InChI=1S/C13H10N4OS/c14-13(18)17-16-8-5-6-10-12(7-8)19-11-4-2-1-3-9(11)15-10/h1-7H,(H3,14,17,18)/b16-8+. The second-order valence-electron chi connectivity index (χ2n) is 3.92. The van der Waals surface area contributed by atoms with Crippen LogP contribution < -0.4 is 16.5 Å². The van der Waals surface area contributed by atoms with Gasteiger partial charge in [-0.15, -0.1) is 11.3 Å². The number of rotatable bonds is 1. The van der Waals surface area contributed by atoms with Gasteiger partial charge in [0.15, 0.2) is 0 Å². The van der Waals surface area contributed by atoms with E-state index in [1.807, 2.05) is 36.4 Å². The molecule has 0 bridgehead atoms. The lowest BCUT2D eigenvalue weighted by Gasteiger charge is -2.05. The van der Waals surface area contributed by atoms with Gasteiger partial charge in [0.1, 0.15) is 0 Å². The number of para-hydroxylation sites is 1. The summed E-state index contributed by atoms with van der Waals surface area (Å²) >= 11 is 1.63. The van der Waals surface area contributed by atoms with Gasteiger partial charge in [-0.25, -0.2) is 15.2 Å². The number of carbonyl (C=O) groups excluding carboxylic acids is 1. The number of aromatic nitrogens is 1. The molecule has 0 saturated carbocycles. The quantitative estimate of drug-likeness (QED) is 0.523. The summed E-state index contributed by atoms with van der Waals surface area (Å²) in [6.45, 7) is 0. The minimum atomic E-state index is -0.680. The van der Waals surface area contributed by atoms with E-state index in [9.17, 15) is 4.79 Å². The molecular formula is C13H10N4OS. The number of nitrogens with one attached hydrogen (secondary N) is 1. The van der Waals surface area contributed by atoms with E-state index in [0.29, 0.717) is 5.36 Å². The average Bonchev–Trinajstić information content (AvgIpc) is 2.42. The van der Waals surface area contributed by atoms with Crippen LogP contribution in [0.5, 0.6) is 0 Å². The van der Waals surface area contributed by atoms with Crippen LogP contribution in [0.25, 0.3) is 20.8 Å². The van der Waals surface area contributed by atoms with Gasteiger partial charge < -0.3 is 5.73 Å². The minimum Gasteiger partial charge on any atom is -0.350 e. The van der Waals surface area contributed by atoms with E-state index in [-0.39, 0.29) is 0 Å². The molecule has 2 amide bonds. The normalized spacial score (nSPS) is 11.9. The summed E-state index contributed by atoms with van der Waals surface area (Å²) in [7, 11) is 0. The highest BCUT2D eigenvalue weighted by Crippen LogP contribution is 2.28. The Kier molecular flexibility index (Phi) is 2.85. The van der Waals surface area contributed by atoms with Gasteiger partial charge in [-0.1, -0.05) is 12.1 Å². The number of amides is 2. The Morgan fingerprint density at radius 1 is 1.26 bits per heavy atom. The number of nitrogens with two attached hydrogens (primary N) is 1.